The van der Waals surface area contributed by atoms with Gasteiger partial charge in [0.1, 0.15) is 6.04 Å². The number of aliphatic carboxylic acids is 1. The number of carbonyl (C=O) groups is 3. The van der Waals surface area contributed by atoms with E-state index in [1.54, 1.807) is 0 Å². The monoisotopic (exact) mass is 260 g/mol. The summed E-state index contributed by atoms with van der Waals surface area (Å²) in [5, 5.41) is 10.7. The molecule has 17 heavy (non-hydrogen) atoms. The lowest BCUT2D eigenvalue weighted by Gasteiger charge is -2.11. The van der Waals surface area contributed by atoms with Crippen LogP contribution in [-0.4, -0.2) is 28.9 Å². The first-order chi connectivity index (χ1) is 7.91. The smallest absolute Gasteiger partial charge is 0.326 e. The van der Waals surface area contributed by atoms with Gasteiger partial charge in [-0.2, -0.15) is 0 Å². The van der Waals surface area contributed by atoms with Gasteiger partial charge in [-0.25, -0.2) is 4.79 Å². The Hall–Kier alpha value is -2.02. The number of amides is 2. The first-order valence-corrected chi connectivity index (χ1v) is 4.84. The summed E-state index contributed by atoms with van der Waals surface area (Å²) < 4.78 is 4.67. The summed E-state index contributed by atoms with van der Waals surface area (Å²) in [6.07, 6.45) is 0.678. The van der Waals surface area contributed by atoms with Crippen LogP contribution in [0, 0.1) is 0 Å². The highest BCUT2D eigenvalue weighted by molar-refractivity contribution is 6.32. The largest absolute Gasteiger partial charge is 0.480 e. The van der Waals surface area contributed by atoms with E-state index in [2.05, 4.69) is 9.73 Å². The Morgan fingerprint density at radius 1 is 1.53 bits per heavy atom. The molecule has 7 nitrogen and oxygen atoms in total. The average Bonchev–Trinajstić information content (AvgIpc) is 2.62. The second-order valence-electron chi connectivity index (χ2n) is 3.14. The van der Waals surface area contributed by atoms with E-state index in [4.69, 9.17) is 22.4 Å². The minimum Gasteiger partial charge on any atom is -0.480 e. The Balaban J connectivity index is 2.74. The lowest BCUT2D eigenvalue weighted by atomic mass is 10.2. The summed E-state index contributed by atoms with van der Waals surface area (Å²) in [6.45, 7) is 0. The number of halogens is 1. The summed E-state index contributed by atoms with van der Waals surface area (Å²) in [4.78, 5) is 32.9. The quantitative estimate of drug-likeness (QED) is 0.687. The van der Waals surface area contributed by atoms with Crippen LogP contribution in [0.1, 0.15) is 16.8 Å². The molecule has 8 heteroatoms. The van der Waals surface area contributed by atoms with Crippen molar-refractivity contribution in [3.8, 4) is 0 Å². The Bertz CT molecular complexity index is 456. The molecule has 1 rings (SSSR count). The van der Waals surface area contributed by atoms with Gasteiger partial charge in [0, 0.05) is 0 Å². The zero-order valence-electron chi connectivity index (χ0n) is 8.47. The third-order valence-electron chi connectivity index (χ3n) is 1.87. The summed E-state index contributed by atoms with van der Waals surface area (Å²) in [5.74, 6) is -2.95. The van der Waals surface area contributed by atoms with Gasteiger partial charge in [-0.05, 0) is 17.7 Å². The molecule has 1 atom stereocenters. The van der Waals surface area contributed by atoms with Crippen LogP contribution in [0.15, 0.2) is 16.7 Å². The molecule has 0 spiro atoms. The van der Waals surface area contributed by atoms with Crippen LogP contribution < -0.4 is 11.1 Å². The van der Waals surface area contributed by atoms with Gasteiger partial charge in [0.05, 0.1) is 18.2 Å². The van der Waals surface area contributed by atoms with Crippen molar-refractivity contribution < 1.29 is 23.9 Å². The molecule has 1 heterocycles. The van der Waals surface area contributed by atoms with E-state index >= 15 is 0 Å². The summed E-state index contributed by atoms with van der Waals surface area (Å²) in [5.41, 5.74) is 4.85. The molecule has 0 radical (unpaired) electrons. The minimum absolute atomic E-state index is 0.0117. The molecule has 1 aromatic rings. The Morgan fingerprint density at radius 3 is 2.59 bits per heavy atom. The summed E-state index contributed by atoms with van der Waals surface area (Å²) in [6, 6.07) is -0.119. The number of furan rings is 1. The number of nitrogens with two attached hydrogens (primary N) is 1. The highest BCUT2D eigenvalue weighted by atomic mass is 35.5. The van der Waals surface area contributed by atoms with Crippen molar-refractivity contribution in [2.45, 2.75) is 12.5 Å². The SMILES string of the molecule is NC(=O)CC(NC(=O)c1ccoc1Cl)C(=O)O. The lowest BCUT2D eigenvalue weighted by molar-refractivity contribution is -0.140. The molecule has 92 valence electrons. The second kappa shape index (κ2) is 5.35. The Morgan fingerprint density at radius 2 is 2.18 bits per heavy atom. The second-order valence-corrected chi connectivity index (χ2v) is 3.49. The average molecular weight is 261 g/mol. The fourth-order valence-electron chi connectivity index (χ4n) is 1.09. The van der Waals surface area contributed by atoms with Crippen molar-refractivity contribution in [2.75, 3.05) is 0 Å². The highest BCUT2D eigenvalue weighted by Crippen LogP contribution is 2.16. The van der Waals surface area contributed by atoms with Crippen LogP contribution in [0.3, 0.4) is 0 Å². The van der Waals surface area contributed by atoms with Gasteiger partial charge >= 0.3 is 5.97 Å². The molecule has 0 aliphatic heterocycles. The zero-order valence-corrected chi connectivity index (χ0v) is 9.23. The number of carboxylic acid groups (broad SMARTS) is 1. The third-order valence-corrected chi connectivity index (χ3v) is 2.16. The molecule has 0 fully saturated rings. The van der Waals surface area contributed by atoms with E-state index in [1.165, 1.54) is 12.3 Å². The normalized spacial score (nSPS) is 11.8. The summed E-state index contributed by atoms with van der Waals surface area (Å²) >= 11 is 5.54. The van der Waals surface area contributed by atoms with Crippen LogP contribution in [0.4, 0.5) is 0 Å². The molecule has 0 saturated heterocycles. The molecule has 1 aromatic heterocycles. The van der Waals surface area contributed by atoms with Crippen molar-refractivity contribution in [1.82, 2.24) is 5.32 Å². The van der Waals surface area contributed by atoms with Crippen molar-refractivity contribution in [3.63, 3.8) is 0 Å². The van der Waals surface area contributed by atoms with Crippen molar-refractivity contribution in [1.29, 1.82) is 0 Å². The molecule has 0 aromatic carbocycles. The minimum atomic E-state index is -1.40. The van der Waals surface area contributed by atoms with Gasteiger partial charge in [0.15, 0.2) is 0 Å². The number of primary amides is 1. The maximum Gasteiger partial charge on any atom is 0.326 e. The molecular formula is C9H9ClN2O5. The Labute approximate surface area is 101 Å². The van der Waals surface area contributed by atoms with Gasteiger partial charge in [-0.3, -0.25) is 9.59 Å². The molecule has 0 saturated carbocycles. The maximum atomic E-state index is 11.6. The van der Waals surface area contributed by atoms with E-state index in [9.17, 15) is 14.4 Å². The summed E-state index contributed by atoms with van der Waals surface area (Å²) in [7, 11) is 0. The van der Waals surface area contributed by atoms with E-state index < -0.39 is 30.2 Å². The number of rotatable bonds is 5. The molecule has 1 unspecified atom stereocenters. The molecule has 2 amide bonds. The highest BCUT2D eigenvalue weighted by Gasteiger charge is 2.24. The van der Waals surface area contributed by atoms with Crippen LogP contribution in [0.2, 0.25) is 5.22 Å². The molecule has 0 bridgehead atoms. The van der Waals surface area contributed by atoms with Gasteiger partial charge < -0.3 is 20.6 Å². The predicted octanol–water partition coefficient (Wildman–Crippen LogP) is -0.00860. The topological polar surface area (TPSA) is 123 Å². The van der Waals surface area contributed by atoms with Crippen LogP contribution in [0.5, 0.6) is 0 Å². The number of carboxylic acids is 1. The van der Waals surface area contributed by atoms with Crippen LogP contribution in [-0.2, 0) is 9.59 Å². The number of hydrogen-bond acceptors (Lipinski definition) is 4. The maximum absolute atomic E-state index is 11.6. The van der Waals surface area contributed by atoms with Gasteiger partial charge in [0.2, 0.25) is 11.1 Å². The van der Waals surface area contributed by atoms with Gasteiger partial charge in [-0.1, -0.05) is 0 Å². The third kappa shape index (κ3) is 3.49. The predicted molar refractivity (Wildman–Crippen MR) is 56.4 cm³/mol. The molecular weight excluding hydrogens is 252 g/mol. The first-order valence-electron chi connectivity index (χ1n) is 4.46. The van der Waals surface area contributed by atoms with E-state index in [-0.39, 0.29) is 10.8 Å². The van der Waals surface area contributed by atoms with Crippen molar-refractivity contribution in [2.24, 2.45) is 5.73 Å². The number of hydrogen-bond donors (Lipinski definition) is 3. The lowest BCUT2D eigenvalue weighted by Crippen LogP contribution is -2.43. The van der Waals surface area contributed by atoms with E-state index in [0.29, 0.717) is 0 Å². The molecule has 0 aliphatic carbocycles. The van der Waals surface area contributed by atoms with Crippen LogP contribution >= 0.6 is 11.6 Å². The number of nitrogens with one attached hydrogen (secondary N) is 1. The van der Waals surface area contributed by atoms with Gasteiger partial charge in [-0.15, -0.1) is 0 Å². The Kier molecular flexibility index (Phi) is 4.11. The van der Waals surface area contributed by atoms with Gasteiger partial charge in [0.25, 0.3) is 5.91 Å². The fourth-order valence-corrected chi connectivity index (χ4v) is 1.29. The molecule has 0 aliphatic rings. The van der Waals surface area contributed by atoms with Crippen molar-refractivity contribution in [3.05, 3.63) is 23.1 Å². The standard InChI is InChI=1S/C9H9ClN2O5/c10-7-4(1-2-17-7)8(14)12-5(9(15)16)3-6(11)13/h1-2,5H,3H2,(H2,11,13)(H,12,14)(H,15,16). The van der Waals surface area contributed by atoms with Crippen molar-refractivity contribution >= 4 is 29.4 Å². The number of carbonyl (C=O) groups excluding carboxylic acids is 2. The zero-order chi connectivity index (χ0) is 13.0. The van der Waals surface area contributed by atoms with E-state index in [0.717, 1.165) is 0 Å². The van der Waals surface area contributed by atoms with E-state index in [1.807, 2.05) is 0 Å². The fraction of sp³-hybridized carbons (Fsp3) is 0.222. The first kappa shape index (κ1) is 13.0. The van der Waals surface area contributed by atoms with Crippen LogP contribution in [0.25, 0.3) is 0 Å². The molecule has 4 N–H and O–H groups in total.